The summed E-state index contributed by atoms with van der Waals surface area (Å²) in [7, 11) is 0. The van der Waals surface area contributed by atoms with Crippen molar-refractivity contribution < 1.29 is 28.6 Å². The Balaban J connectivity index is 1.40. The van der Waals surface area contributed by atoms with Gasteiger partial charge in [-0.3, -0.25) is 14.4 Å². The second kappa shape index (κ2) is 10.9. The summed E-state index contributed by atoms with van der Waals surface area (Å²) < 4.78 is 16.5. The van der Waals surface area contributed by atoms with E-state index in [4.69, 9.17) is 25.8 Å². The van der Waals surface area contributed by atoms with E-state index in [9.17, 15) is 14.4 Å². The lowest BCUT2D eigenvalue weighted by molar-refractivity contribution is -0.135. The number of halogens is 1. The van der Waals surface area contributed by atoms with E-state index in [-0.39, 0.29) is 30.8 Å². The molecule has 0 aliphatic carbocycles. The molecule has 2 aromatic carbocycles. The van der Waals surface area contributed by atoms with Crippen molar-refractivity contribution in [2.45, 2.75) is 19.8 Å². The number of benzene rings is 2. The number of fused-ring (bicyclic) bond motifs is 1. The number of aryl methyl sites for hydroxylation is 1. The molecule has 2 aliphatic rings. The first kappa shape index (κ1) is 24.0. The third kappa shape index (κ3) is 5.69. The number of anilines is 1. The number of morpholine rings is 1. The minimum atomic E-state index is -0.224. The van der Waals surface area contributed by atoms with Gasteiger partial charge < -0.3 is 24.0 Å². The first-order valence-electron chi connectivity index (χ1n) is 11.3. The number of nitrogens with zero attached hydrogens (tertiary/aromatic N) is 2. The largest absolute Gasteiger partial charge is 0.485 e. The van der Waals surface area contributed by atoms with Crippen LogP contribution in [-0.2, 0) is 14.3 Å². The van der Waals surface area contributed by atoms with Gasteiger partial charge in [0.15, 0.2) is 19.0 Å². The Labute approximate surface area is 203 Å². The number of Topliss-reactive ketones (excluding diaryl/α,β-unsaturated/α-hetero) is 1. The number of hydrogen-bond acceptors (Lipinski definition) is 6. The molecule has 0 saturated carbocycles. The molecule has 0 atom stereocenters. The molecular formula is C25H27ClN2O6. The highest BCUT2D eigenvalue weighted by Gasteiger charge is 2.27. The zero-order valence-electron chi connectivity index (χ0n) is 19.0. The van der Waals surface area contributed by atoms with Crippen LogP contribution in [0.3, 0.4) is 0 Å². The summed E-state index contributed by atoms with van der Waals surface area (Å²) in [5.41, 5.74) is 1.78. The van der Waals surface area contributed by atoms with Crippen molar-refractivity contribution in [3.8, 4) is 11.5 Å². The predicted octanol–water partition coefficient (Wildman–Crippen LogP) is 3.27. The van der Waals surface area contributed by atoms with Crippen LogP contribution in [0, 0.1) is 6.92 Å². The van der Waals surface area contributed by atoms with E-state index in [1.807, 2.05) is 6.92 Å². The zero-order chi connectivity index (χ0) is 24.1. The molecular weight excluding hydrogens is 460 g/mol. The molecule has 0 N–H and O–H groups in total. The van der Waals surface area contributed by atoms with Crippen LogP contribution in [0.2, 0.25) is 5.02 Å². The fourth-order valence-corrected chi connectivity index (χ4v) is 4.21. The van der Waals surface area contributed by atoms with Gasteiger partial charge in [0, 0.05) is 36.6 Å². The highest BCUT2D eigenvalue weighted by molar-refractivity contribution is 6.30. The van der Waals surface area contributed by atoms with E-state index in [0.29, 0.717) is 73.5 Å². The van der Waals surface area contributed by atoms with Crippen molar-refractivity contribution in [2.75, 3.05) is 51.0 Å². The second-order valence-corrected chi connectivity index (χ2v) is 8.67. The molecule has 8 nitrogen and oxygen atoms in total. The average Bonchev–Trinajstić information content (AvgIpc) is 2.84. The Morgan fingerprint density at radius 2 is 1.91 bits per heavy atom. The lowest BCUT2D eigenvalue weighted by Gasteiger charge is -2.30. The Morgan fingerprint density at radius 1 is 1.12 bits per heavy atom. The lowest BCUT2D eigenvalue weighted by Crippen LogP contribution is -2.42. The van der Waals surface area contributed by atoms with Crippen molar-refractivity contribution in [3.05, 3.63) is 52.5 Å². The number of amides is 2. The van der Waals surface area contributed by atoms with Gasteiger partial charge in [0.05, 0.1) is 18.9 Å². The molecule has 0 radical (unpaired) electrons. The smallest absolute Gasteiger partial charge is 0.265 e. The Kier molecular flexibility index (Phi) is 7.70. The highest BCUT2D eigenvalue weighted by atomic mass is 35.5. The molecule has 1 fully saturated rings. The normalized spacial score (nSPS) is 15.5. The standard InChI is InChI=1S/C25H27ClN2O6/c1-17-13-19(26)5-7-22(17)33-15-21(29)18-4-6-23-20(14-18)28(25(31)16-34-23)8-2-3-24(30)27-9-11-32-12-10-27/h4-7,13-14H,2-3,8-12,15-16H2,1H3. The number of ketones is 1. The highest BCUT2D eigenvalue weighted by Crippen LogP contribution is 2.33. The summed E-state index contributed by atoms with van der Waals surface area (Å²) in [6.45, 7) is 4.31. The summed E-state index contributed by atoms with van der Waals surface area (Å²) in [4.78, 5) is 41.2. The Bertz CT molecular complexity index is 1080. The molecule has 2 heterocycles. The number of ether oxygens (including phenoxy) is 3. The molecule has 180 valence electrons. The van der Waals surface area contributed by atoms with Crippen LogP contribution in [0.1, 0.15) is 28.8 Å². The molecule has 9 heteroatoms. The molecule has 2 aliphatic heterocycles. The molecule has 0 unspecified atom stereocenters. The Morgan fingerprint density at radius 3 is 2.68 bits per heavy atom. The van der Waals surface area contributed by atoms with E-state index in [2.05, 4.69) is 0 Å². The maximum Gasteiger partial charge on any atom is 0.265 e. The van der Waals surface area contributed by atoms with Gasteiger partial charge in [-0.25, -0.2) is 0 Å². The van der Waals surface area contributed by atoms with Gasteiger partial charge in [0.2, 0.25) is 5.91 Å². The molecule has 0 aromatic heterocycles. The zero-order valence-corrected chi connectivity index (χ0v) is 19.8. The monoisotopic (exact) mass is 486 g/mol. The van der Waals surface area contributed by atoms with Gasteiger partial charge in [0.1, 0.15) is 11.5 Å². The number of carbonyl (C=O) groups is 3. The number of hydrogen-bond donors (Lipinski definition) is 0. The van der Waals surface area contributed by atoms with Crippen molar-refractivity contribution in [1.29, 1.82) is 0 Å². The fraction of sp³-hybridized carbons (Fsp3) is 0.400. The number of rotatable bonds is 8. The van der Waals surface area contributed by atoms with Crippen LogP contribution in [0.15, 0.2) is 36.4 Å². The van der Waals surface area contributed by atoms with Crippen molar-refractivity contribution in [3.63, 3.8) is 0 Å². The van der Waals surface area contributed by atoms with E-state index >= 15 is 0 Å². The van der Waals surface area contributed by atoms with Crippen LogP contribution in [0.5, 0.6) is 11.5 Å². The van der Waals surface area contributed by atoms with Crippen LogP contribution in [0.4, 0.5) is 5.69 Å². The van der Waals surface area contributed by atoms with Gasteiger partial charge in [-0.05, 0) is 55.3 Å². The molecule has 2 amide bonds. The first-order valence-corrected chi connectivity index (χ1v) is 11.6. The molecule has 4 rings (SSSR count). The minimum Gasteiger partial charge on any atom is -0.485 e. The predicted molar refractivity (Wildman–Crippen MR) is 127 cm³/mol. The van der Waals surface area contributed by atoms with Crippen LogP contribution in [0.25, 0.3) is 0 Å². The van der Waals surface area contributed by atoms with Gasteiger partial charge >= 0.3 is 0 Å². The van der Waals surface area contributed by atoms with Crippen LogP contribution >= 0.6 is 11.6 Å². The second-order valence-electron chi connectivity index (χ2n) is 8.23. The number of carbonyl (C=O) groups excluding carboxylic acids is 3. The van der Waals surface area contributed by atoms with Crippen molar-refractivity contribution in [2.24, 2.45) is 0 Å². The SMILES string of the molecule is Cc1cc(Cl)ccc1OCC(=O)c1ccc2c(c1)N(CCCC(=O)N1CCOCC1)C(=O)CO2. The van der Waals surface area contributed by atoms with E-state index in [1.54, 1.807) is 46.2 Å². The van der Waals surface area contributed by atoms with E-state index in [0.717, 1.165) is 5.56 Å². The molecule has 1 saturated heterocycles. The topological polar surface area (TPSA) is 85.4 Å². The summed E-state index contributed by atoms with van der Waals surface area (Å²) in [6, 6.07) is 10.2. The molecule has 34 heavy (non-hydrogen) atoms. The van der Waals surface area contributed by atoms with Crippen LogP contribution in [-0.4, -0.2) is 68.6 Å². The van der Waals surface area contributed by atoms with Gasteiger partial charge in [-0.15, -0.1) is 0 Å². The summed E-state index contributed by atoms with van der Waals surface area (Å²) >= 11 is 5.97. The molecule has 0 bridgehead atoms. The van der Waals surface area contributed by atoms with E-state index < -0.39 is 0 Å². The van der Waals surface area contributed by atoms with Crippen LogP contribution < -0.4 is 14.4 Å². The Hall–Kier alpha value is -3.10. The molecule has 0 spiro atoms. The first-order chi connectivity index (χ1) is 16.4. The summed E-state index contributed by atoms with van der Waals surface area (Å²) in [5.74, 6) is 0.746. The lowest BCUT2D eigenvalue weighted by atomic mass is 10.1. The van der Waals surface area contributed by atoms with Gasteiger partial charge in [-0.1, -0.05) is 11.6 Å². The molecule has 2 aromatic rings. The summed E-state index contributed by atoms with van der Waals surface area (Å²) in [5, 5.41) is 0.599. The van der Waals surface area contributed by atoms with Crippen molar-refractivity contribution >= 4 is 34.9 Å². The van der Waals surface area contributed by atoms with E-state index in [1.165, 1.54) is 0 Å². The quantitative estimate of drug-likeness (QED) is 0.532. The maximum absolute atomic E-state index is 12.8. The average molecular weight is 487 g/mol. The third-order valence-corrected chi connectivity index (χ3v) is 6.09. The van der Waals surface area contributed by atoms with Crippen molar-refractivity contribution in [1.82, 2.24) is 4.90 Å². The van der Waals surface area contributed by atoms with Gasteiger partial charge in [0.25, 0.3) is 5.91 Å². The fourth-order valence-electron chi connectivity index (χ4n) is 3.98. The minimum absolute atomic E-state index is 0.0582. The summed E-state index contributed by atoms with van der Waals surface area (Å²) in [6.07, 6.45) is 0.853. The maximum atomic E-state index is 12.8. The third-order valence-electron chi connectivity index (χ3n) is 5.86. The van der Waals surface area contributed by atoms with Gasteiger partial charge in [-0.2, -0.15) is 0 Å².